The summed E-state index contributed by atoms with van der Waals surface area (Å²) in [5.74, 6) is -0.246. The third kappa shape index (κ3) is 3.74. The normalized spacial score (nSPS) is 15.8. The number of anilines is 1. The molecule has 4 aromatic rings. The van der Waals surface area contributed by atoms with Gasteiger partial charge in [-0.3, -0.25) is 4.79 Å². The molecule has 0 radical (unpaired) electrons. The Kier molecular flexibility index (Phi) is 5.39. The largest absolute Gasteiger partial charge is 0.333 e. The van der Waals surface area contributed by atoms with Gasteiger partial charge in [0.1, 0.15) is 5.82 Å². The second kappa shape index (κ2) is 8.64. The van der Waals surface area contributed by atoms with Crippen LogP contribution < -0.4 is 4.90 Å². The number of rotatable bonds is 5. The van der Waals surface area contributed by atoms with Crippen molar-refractivity contribution in [3.63, 3.8) is 0 Å². The first-order chi connectivity index (χ1) is 15.7. The van der Waals surface area contributed by atoms with Crippen LogP contribution >= 0.6 is 0 Å². The van der Waals surface area contributed by atoms with Gasteiger partial charge in [-0.05, 0) is 35.4 Å². The third-order valence-corrected chi connectivity index (χ3v) is 5.88. The summed E-state index contributed by atoms with van der Waals surface area (Å²) in [5, 5.41) is 0. The van der Waals surface area contributed by atoms with Gasteiger partial charge in [0.05, 0.1) is 11.7 Å². The van der Waals surface area contributed by atoms with Crippen molar-refractivity contribution in [1.29, 1.82) is 0 Å². The molecule has 0 N–H and O–H groups in total. The highest BCUT2D eigenvalue weighted by molar-refractivity contribution is 6.15. The molecule has 0 saturated heterocycles. The molecule has 1 atom stereocenters. The van der Waals surface area contributed by atoms with Crippen LogP contribution in [0.15, 0.2) is 121 Å². The minimum atomic E-state index is -0.269. The first-order valence-corrected chi connectivity index (χ1v) is 10.7. The second-order valence-corrected chi connectivity index (χ2v) is 7.87. The summed E-state index contributed by atoms with van der Waals surface area (Å²) in [6.45, 7) is 0. The summed E-state index contributed by atoms with van der Waals surface area (Å²) in [6, 6.07) is 36.0. The van der Waals surface area contributed by atoms with Crippen LogP contribution in [0.3, 0.4) is 0 Å². The molecule has 0 aliphatic carbocycles. The molecule has 1 aliphatic rings. The molecule has 0 unspecified atom stereocenters. The summed E-state index contributed by atoms with van der Waals surface area (Å²) in [5.41, 5.74) is 5.29. The Bertz CT molecular complexity index is 1250. The molecule has 3 heteroatoms. The maximum Gasteiger partial charge on any atom is 0.191 e. The van der Waals surface area contributed by atoms with Gasteiger partial charge >= 0.3 is 0 Å². The number of ketones is 1. The van der Waals surface area contributed by atoms with Crippen LogP contribution in [-0.2, 0) is 0 Å². The van der Waals surface area contributed by atoms with Crippen LogP contribution in [0.5, 0.6) is 0 Å². The van der Waals surface area contributed by atoms with Gasteiger partial charge in [0.25, 0.3) is 0 Å². The predicted molar refractivity (Wildman–Crippen MR) is 127 cm³/mol. The fraction of sp³-hybridized carbons (Fsp3) is 0.0690. The zero-order valence-corrected chi connectivity index (χ0v) is 17.5. The van der Waals surface area contributed by atoms with Crippen LogP contribution in [0.2, 0.25) is 0 Å². The molecule has 0 spiro atoms. The second-order valence-electron chi connectivity index (χ2n) is 7.87. The van der Waals surface area contributed by atoms with Gasteiger partial charge in [0, 0.05) is 23.2 Å². The number of benzene rings is 4. The van der Waals surface area contributed by atoms with Crippen molar-refractivity contribution in [3.8, 4) is 0 Å². The smallest absolute Gasteiger partial charge is 0.191 e. The Morgan fingerprint density at radius 1 is 0.719 bits per heavy atom. The lowest BCUT2D eigenvalue weighted by Crippen LogP contribution is -2.22. The summed E-state index contributed by atoms with van der Waals surface area (Å²) in [4.78, 5) is 15.9. The van der Waals surface area contributed by atoms with Crippen molar-refractivity contribution in [2.75, 3.05) is 4.90 Å². The molecule has 5 rings (SSSR count). The maximum atomic E-state index is 13.7. The van der Waals surface area contributed by atoms with Crippen molar-refractivity contribution < 1.29 is 9.18 Å². The molecule has 1 aliphatic heterocycles. The van der Waals surface area contributed by atoms with Crippen molar-refractivity contribution in [2.45, 2.75) is 12.5 Å². The standard InChI is InChI=1S/C29H22FNO/c30-24-18-16-21(17-19-24)27-20-26(29(32)23-12-6-2-7-13-23)28(22-10-4-1-5-11-22)31(27)25-14-8-3-9-15-25/h1-19,27H,20H2/t27-/m1/s1. The SMILES string of the molecule is O=C(C1=C(c2ccccc2)N(c2ccccc2)[C@@H](c2ccc(F)cc2)C1)c1ccccc1. The summed E-state index contributed by atoms with van der Waals surface area (Å²) in [7, 11) is 0. The van der Waals surface area contributed by atoms with Crippen LogP contribution in [-0.4, -0.2) is 5.78 Å². The molecule has 0 fully saturated rings. The van der Waals surface area contributed by atoms with Crippen LogP contribution in [0.4, 0.5) is 10.1 Å². The highest BCUT2D eigenvalue weighted by atomic mass is 19.1. The van der Waals surface area contributed by atoms with Gasteiger partial charge in [-0.15, -0.1) is 0 Å². The first-order valence-electron chi connectivity index (χ1n) is 10.7. The Morgan fingerprint density at radius 3 is 1.91 bits per heavy atom. The topological polar surface area (TPSA) is 20.3 Å². The van der Waals surface area contributed by atoms with Crippen molar-refractivity contribution in [1.82, 2.24) is 0 Å². The summed E-state index contributed by atoms with van der Waals surface area (Å²) >= 11 is 0. The third-order valence-electron chi connectivity index (χ3n) is 5.88. The quantitative estimate of drug-likeness (QED) is 0.322. The lowest BCUT2D eigenvalue weighted by molar-refractivity contribution is 0.103. The molecular weight excluding hydrogens is 397 g/mol. The van der Waals surface area contributed by atoms with E-state index < -0.39 is 0 Å². The van der Waals surface area contributed by atoms with Crippen molar-refractivity contribution in [3.05, 3.63) is 143 Å². The van der Waals surface area contributed by atoms with E-state index in [0.717, 1.165) is 28.1 Å². The van der Waals surface area contributed by atoms with E-state index in [-0.39, 0.29) is 17.6 Å². The predicted octanol–water partition coefficient (Wildman–Crippen LogP) is 7.07. The number of para-hydroxylation sites is 1. The lowest BCUT2D eigenvalue weighted by Gasteiger charge is -2.30. The maximum absolute atomic E-state index is 13.7. The van der Waals surface area contributed by atoms with E-state index >= 15 is 0 Å². The highest BCUT2D eigenvalue weighted by Crippen LogP contribution is 2.47. The van der Waals surface area contributed by atoms with E-state index in [1.54, 1.807) is 0 Å². The molecular formula is C29H22FNO. The van der Waals surface area contributed by atoms with Gasteiger partial charge in [0.15, 0.2) is 5.78 Å². The minimum Gasteiger partial charge on any atom is -0.333 e. The minimum absolute atomic E-state index is 0.0231. The van der Waals surface area contributed by atoms with E-state index in [2.05, 4.69) is 17.0 Å². The fourth-order valence-electron chi connectivity index (χ4n) is 4.41. The Hall–Kier alpha value is -3.98. The highest BCUT2D eigenvalue weighted by Gasteiger charge is 2.37. The zero-order chi connectivity index (χ0) is 21.9. The number of carbonyl (C=O) groups is 1. The Balaban J connectivity index is 1.72. The van der Waals surface area contributed by atoms with Crippen molar-refractivity contribution in [2.24, 2.45) is 0 Å². The van der Waals surface area contributed by atoms with E-state index in [1.165, 1.54) is 12.1 Å². The molecule has 0 amide bonds. The fourth-order valence-corrected chi connectivity index (χ4v) is 4.41. The molecule has 2 nitrogen and oxygen atoms in total. The van der Waals surface area contributed by atoms with Crippen LogP contribution in [0.1, 0.15) is 33.9 Å². The molecule has 32 heavy (non-hydrogen) atoms. The van der Waals surface area contributed by atoms with E-state index in [1.807, 2.05) is 91.0 Å². The molecule has 0 saturated carbocycles. The number of halogens is 1. The van der Waals surface area contributed by atoms with Crippen molar-refractivity contribution >= 4 is 17.2 Å². The van der Waals surface area contributed by atoms with Gasteiger partial charge in [0.2, 0.25) is 0 Å². The van der Waals surface area contributed by atoms with Crippen LogP contribution in [0.25, 0.3) is 5.70 Å². The summed E-state index contributed by atoms with van der Waals surface area (Å²) in [6.07, 6.45) is 0.540. The number of nitrogens with zero attached hydrogens (tertiary/aromatic N) is 1. The summed E-state index contributed by atoms with van der Waals surface area (Å²) < 4.78 is 13.7. The molecule has 0 aromatic heterocycles. The number of carbonyl (C=O) groups excluding carboxylic acids is 1. The van der Waals surface area contributed by atoms with Gasteiger partial charge in [-0.25, -0.2) is 4.39 Å². The van der Waals surface area contributed by atoms with E-state index in [0.29, 0.717) is 12.0 Å². The van der Waals surface area contributed by atoms with Gasteiger partial charge in [-0.2, -0.15) is 0 Å². The first kappa shape index (κ1) is 20.0. The monoisotopic (exact) mass is 419 g/mol. The van der Waals surface area contributed by atoms with E-state index in [4.69, 9.17) is 0 Å². The van der Waals surface area contributed by atoms with Crippen LogP contribution in [0, 0.1) is 5.82 Å². The van der Waals surface area contributed by atoms with Gasteiger partial charge < -0.3 is 4.90 Å². The molecule has 4 aromatic carbocycles. The van der Waals surface area contributed by atoms with E-state index in [9.17, 15) is 9.18 Å². The number of hydrogen-bond donors (Lipinski definition) is 0. The number of hydrogen-bond acceptors (Lipinski definition) is 2. The Labute approximate surface area is 187 Å². The molecule has 1 heterocycles. The van der Waals surface area contributed by atoms with Gasteiger partial charge in [-0.1, -0.05) is 91.0 Å². The average molecular weight is 419 g/mol. The molecule has 0 bridgehead atoms. The lowest BCUT2D eigenvalue weighted by atomic mass is 9.95. The average Bonchev–Trinajstić information content (AvgIpc) is 3.26. The molecule has 156 valence electrons. The zero-order valence-electron chi connectivity index (χ0n) is 17.5. The number of Topliss-reactive ketones (excluding diaryl/α,β-unsaturated/α-hetero) is 1. The Morgan fingerprint density at radius 2 is 1.28 bits per heavy atom.